The zero-order valence-corrected chi connectivity index (χ0v) is 9.38. The summed E-state index contributed by atoms with van der Waals surface area (Å²) in [5.41, 5.74) is 0.647. The number of anilines is 1. The van der Waals surface area contributed by atoms with Crippen LogP contribution in [0.2, 0.25) is 0 Å². The standard InChI is InChI=1S/C9H15N7/c1-7(5-10-2)6-11-8-3-4-9-12-14-15-16(9)13-8/h3-4,7,10H,5-6H2,1-2H3,(H,11,13). The molecule has 2 aromatic rings. The monoisotopic (exact) mass is 221 g/mol. The molecule has 1 unspecified atom stereocenters. The lowest BCUT2D eigenvalue weighted by Gasteiger charge is -2.11. The third kappa shape index (κ3) is 2.43. The van der Waals surface area contributed by atoms with E-state index in [2.05, 4.69) is 38.2 Å². The van der Waals surface area contributed by atoms with Crippen LogP contribution in [0.5, 0.6) is 0 Å². The zero-order valence-electron chi connectivity index (χ0n) is 9.38. The fourth-order valence-electron chi connectivity index (χ4n) is 1.44. The predicted octanol–water partition coefficient (Wildman–Crippen LogP) is -0.213. The van der Waals surface area contributed by atoms with Crippen molar-refractivity contribution in [3.05, 3.63) is 12.1 Å². The minimum absolute atomic E-state index is 0.538. The average Bonchev–Trinajstić information content (AvgIpc) is 2.74. The maximum Gasteiger partial charge on any atom is 0.200 e. The quantitative estimate of drug-likeness (QED) is 0.727. The fraction of sp³-hybridized carbons (Fsp3) is 0.556. The van der Waals surface area contributed by atoms with E-state index in [1.807, 2.05) is 19.2 Å². The van der Waals surface area contributed by atoms with Crippen LogP contribution in [0.3, 0.4) is 0 Å². The molecule has 0 fully saturated rings. The van der Waals surface area contributed by atoms with Crippen molar-refractivity contribution in [2.24, 2.45) is 5.92 Å². The van der Waals surface area contributed by atoms with Crippen molar-refractivity contribution in [2.45, 2.75) is 6.92 Å². The second-order valence-corrected chi connectivity index (χ2v) is 3.79. The summed E-state index contributed by atoms with van der Waals surface area (Å²) in [4.78, 5) is 0. The summed E-state index contributed by atoms with van der Waals surface area (Å²) in [5.74, 6) is 1.32. The van der Waals surface area contributed by atoms with Crippen LogP contribution in [0.1, 0.15) is 6.92 Å². The average molecular weight is 221 g/mol. The molecule has 2 rings (SSSR count). The molecule has 0 bridgehead atoms. The minimum Gasteiger partial charge on any atom is -0.368 e. The smallest absolute Gasteiger partial charge is 0.200 e. The molecule has 0 saturated heterocycles. The van der Waals surface area contributed by atoms with Crippen molar-refractivity contribution in [3.63, 3.8) is 0 Å². The summed E-state index contributed by atoms with van der Waals surface area (Å²) in [7, 11) is 1.95. The molecule has 2 N–H and O–H groups in total. The normalized spacial score (nSPS) is 12.9. The van der Waals surface area contributed by atoms with Crippen molar-refractivity contribution in [3.8, 4) is 0 Å². The van der Waals surface area contributed by atoms with Crippen molar-refractivity contribution in [2.75, 3.05) is 25.5 Å². The Hall–Kier alpha value is -1.76. The highest BCUT2D eigenvalue weighted by Gasteiger charge is 2.03. The van der Waals surface area contributed by atoms with Gasteiger partial charge in [-0.2, -0.15) is 0 Å². The van der Waals surface area contributed by atoms with E-state index in [-0.39, 0.29) is 0 Å². The van der Waals surface area contributed by atoms with Crippen LogP contribution in [0, 0.1) is 5.92 Å². The first-order chi connectivity index (χ1) is 7.79. The maximum absolute atomic E-state index is 4.22. The number of hydrogen-bond donors (Lipinski definition) is 2. The summed E-state index contributed by atoms with van der Waals surface area (Å²) in [6, 6.07) is 3.70. The molecule has 0 spiro atoms. The van der Waals surface area contributed by atoms with E-state index in [0.717, 1.165) is 18.9 Å². The van der Waals surface area contributed by atoms with Gasteiger partial charge in [-0.15, -0.1) is 14.8 Å². The second-order valence-electron chi connectivity index (χ2n) is 3.79. The molecule has 0 radical (unpaired) electrons. The van der Waals surface area contributed by atoms with E-state index in [1.54, 1.807) is 0 Å². The lowest BCUT2D eigenvalue weighted by molar-refractivity contribution is 0.567. The zero-order chi connectivity index (χ0) is 11.4. The Morgan fingerprint density at radius 2 is 2.25 bits per heavy atom. The summed E-state index contributed by atoms with van der Waals surface area (Å²) >= 11 is 0. The lowest BCUT2D eigenvalue weighted by Crippen LogP contribution is -2.23. The van der Waals surface area contributed by atoms with Gasteiger partial charge in [-0.05, 0) is 42.1 Å². The van der Waals surface area contributed by atoms with Gasteiger partial charge in [0.25, 0.3) is 0 Å². The molecule has 1 atom stereocenters. The highest BCUT2D eigenvalue weighted by molar-refractivity contribution is 5.41. The Morgan fingerprint density at radius 1 is 1.38 bits per heavy atom. The minimum atomic E-state index is 0.538. The van der Waals surface area contributed by atoms with Crippen LogP contribution in [-0.4, -0.2) is 45.4 Å². The molecule has 0 aliphatic carbocycles. The summed E-state index contributed by atoms with van der Waals surface area (Å²) in [5, 5.41) is 21.6. The van der Waals surface area contributed by atoms with Gasteiger partial charge in [0.05, 0.1) is 0 Å². The lowest BCUT2D eigenvalue weighted by atomic mass is 10.2. The van der Waals surface area contributed by atoms with Gasteiger partial charge in [0.15, 0.2) is 5.65 Å². The molecule has 16 heavy (non-hydrogen) atoms. The Labute approximate surface area is 93.2 Å². The van der Waals surface area contributed by atoms with Gasteiger partial charge in [0.1, 0.15) is 5.82 Å². The molecular weight excluding hydrogens is 206 g/mol. The SMILES string of the molecule is CNCC(C)CNc1ccc2nnnn2n1. The van der Waals surface area contributed by atoms with Crippen molar-refractivity contribution >= 4 is 11.5 Å². The number of nitrogens with zero attached hydrogens (tertiary/aromatic N) is 5. The highest BCUT2D eigenvalue weighted by atomic mass is 15.6. The first kappa shape index (κ1) is 10.7. The van der Waals surface area contributed by atoms with Crippen LogP contribution >= 0.6 is 0 Å². The Balaban J connectivity index is 1.98. The van der Waals surface area contributed by atoms with Crippen LogP contribution in [0.4, 0.5) is 5.82 Å². The van der Waals surface area contributed by atoms with Gasteiger partial charge in [0.2, 0.25) is 0 Å². The summed E-state index contributed by atoms with van der Waals surface area (Å²) in [6.45, 7) is 4.00. The van der Waals surface area contributed by atoms with E-state index in [4.69, 9.17) is 0 Å². The predicted molar refractivity (Wildman–Crippen MR) is 60.2 cm³/mol. The van der Waals surface area contributed by atoms with Crippen molar-refractivity contribution in [1.29, 1.82) is 0 Å². The first-order valence-corrected chi connectivity index (χ1v) is 5.23. The third-order valence-electron chi connectivity index (χ3n) is 2.25. The van der Waals surface area contributed by atoms with Crippen molar-refractivity contribution in [1.82, 2.24) is 30.6 Å². The largest absolute Gasteiger partial charge is 0.368 e. The summed E-state index contributed by atoms with van der Waals surface area (Å²) < 4.78 is 1.41. The fourth-order valence-corrected chi connectivity index (χ4v) is 1.44. The topological polar surface area (TPSA) is 80.0 Å². The number of fused-ring (bicyclic) bond motifs is 1. The number of hydrogen-bond acceptors (Lipinski definition) is 6. The maximum atomic E-state index is 4.22. The molecule has 0 saturated carbocycles. The third-order valence-corrected chi connectivity index (χ3v) is 2.25. The molecule has 86 valence electrons. The van der Waals surface area contributed by atoms with Gasteiger partial charge in [-0.1, -0.05) is 6.92 Å². The van der Waals surface area contributed by atoms with Gasteiger partial charge in [-0.3, -0.25) is 0 Å². The van der Waals surface area contributed by atoms with Crippen LogP contribution in [-0.2, 0) is 0 Å². The van der Waals surface area contributed by atoms with Crippen LogP contribution in [0.15, 0.2) is 12.1 Å². The number of tetrazole rings is 1. The van der Waals surface area contributed by atoms with E-state index >= 15 is 0 Å². The molecule has 0 aliphatic rings. The Kier molecular flexibility index (Phi) is 3.25. The molecule has 2 aromatic heterocycles. The Bertz CT molecular complexity index is 452. The van der Waals surface area contributed by atoms with Gasteiger partial charge >= 0.3 is 0 Å². The molecule has 0 aromatic carbocycles. The van der Waals surface area contributed by atoms with E-state index in [0.29, 0.717) is 11.6 Å². The second kappa shape index (κ2) is 4.84. The van der Waals surface area contributed by atoms with Gasteiger partial charge < -0.3 is 10.6 Å². The van der Waals surface area contributed by atoms with Gasteiger partial charge in [0, 0.05) is 6.54 Å². The number of aromatic nitrogens is 5. The van der Waals surface area contributed by atoms with Gasteiger partial charge in [-0.25, -0.2) is 0 Å². The molecule has 7 heteroatoms. The Morgan fingerprint density at radius 3 is 3.06 bits per heavy atom. The molecular formula is C9H15N7. The van der Waals surface area contributed by atoms with E-state index in [1.165, 1.54) is 4.63 Å². The van der Waals surface area contributed by atoms with Crippen LogP contribution in [0.25, 0.3) is 5.65 Å². The number of rotatable bonds is 5. The molecule has 0 aliphatic heterocycles. The van der Waals surface area contributed by atoms with Crippen molar-refractivity contribution < 1.29 is 0 Å². The van der Waals surface area contributed by atoms with E-state index in [9.17, 15) is 0 Å². The summed E-state index contributed by atoms with van der Waals surface area (Å²) in [6.07, 6.45) is 0. The van der Waals surface area contributed by atoms with Crippen LogP contribution < -0.4 is 10.6 Å². The molecule has 0 amide bonds. The highest BCUT2D eigenvalue weighted by Crippen LogP contribution is 2.04. The first-order valence-electron chi connectivity index (χ1n) is 5.23. The molecule has 7 nitrogen and oxygen atoms in total. The number of nitrogens with one attached hydrogen (secondary N) is 2. The molecule has 2 heterocycles. The van der Waals surface area contributed by atoms with E-state index < -0.39 is 0 Å².